The zero-order valence-corrected chi connectivity index (χ0v) is 21.9. The predicted octanol–water partition coefficient (Wildman–Crippen LogP) is 9.51. The maximum absolute atomic E-state index is 15.4. The summed E-state index contributed by atoms with van der Waals surface area (Å²) in [7, 11) is 0. The van der Waals surface area contributed by atoms with E-state index in [1.165, 1.54) is 36.8 Å². The Kier molecular flexibility index (Phi) is 9.02. The first-order chi connectivity index (χ1) is 15.9. The van der Waals surface area contributed by atoms with Crippen LogP contribution in [0.1, 0.15) is 109 Å². The average molecular weight is 453 g/mol. The first kappa shape index (κ1) is 25.8. The third-order valence-corrected chi connectivity index (χ3v) is 8.60. The third-order valence-electron chi connectivity index (χ3n) is 8.60. The largest absolute Gasteiger partial charge is 0.493 e. The zero-order chi connectivity index (χ0) is 24.0. The fourth-order valence-corrected chi connectivity index (χ4v) is 5.50. The van der Waals surface area contributed by atoms with Crippen LogP contribution < -0.4 is 4.74 Å². The standard InChI is InChI=1S/C31H45FO/c1-7-23-20-30(33-21-31(9-3,10-4)11-5)24(8-2)18-28(23)27-17-16-26(19-29(27)32)25-14-12-22(6)13-15-25/h16-20,22,25H,7-15,21H2,1-6H3. The number of benzene rings is 2. The summed E-state index contributed by atoms with van der Waals surface area (Å²) in [4.78, 5) is 0. The van der Waals surface area contributed by atoms with Crippen LogP contribution in [-0.2, 0) is 12.8 Å². The summed E-state index contributed by atoms with van der Waals surface area (Å²) in [5.74, 6) is 2.21. The molecule has 0 bridgehead atoms. The van der Waals surface area contributed by atoms with Gasteiger partial charge in [-0.05, 0) is 97.2 Å². The highest BCUT2D eigenvalue weighted by Gasteiger charge is 2.26. The van der Waals surface area contributed by atoms with Gasteiger partial charge in [-0.3, -0.25) is 0 Å². The second-order valence-electron chi connectivity index (χ2n) is 10.4. The molecule has 0 radical (unpaired) electrons. The zero-order valence-electron chi connectivity index (χ0n) is 21.9. The second-order valence-corrected chi connectivity index (χ2v) is 10.4. The Bertz CT molecular complexity index is 895. The molecule has 2 heteroatoms. The lowest BCUT2D eigenvalue weighted by molar-refractivity contribution is 0.127. The van der Waals surface area contributed by atoms with Gasteiger partial charge < -0.3 is 4.74 Å². The minimum absolute atomic E-state index is 0.0847. The summed E-state index contributed by atoms with van der Waals surface area (Å²) in [5.41, 5.74) is 5.49. The second kappa shape index (κ2) is 11.5. The van der Waals surface area contributed by atoms with Crippen molar-refractivity contribution in [2.75, 3.05) is 6.61 Å². The molecule has 0 atom stereocenters. The molecule has 0 heterocycles. The molecule has 0 amide bonds. The molecule has 0 aromatic heterocycles. The Morgan fingerprint density at radius 1 is 0.818 bits per heavy atom. The highest BCUT2D eigenvalue weighted by atomic mass is 19.1. The van der Waals surface area contributed by atoms with Crippen molar-refractivity contribution in [2.24, 2.45) is 11.3 Å². The maximum Gasteiger partial charge on any atom is 0.131 e. The van der Waals surface area contributed by atoms with Gasteiger partial charge in [0.05, 0.1) is 6.61 Å². The molecule has 182 valence electrons. The summed E-state index contributed by atoms with van der Waals surface area (Å²) < 4.78 is 21.9. The van der Waals surface area contributed by atoms with Gasteiger partial charge in [0.15, 0.2) is 0 Å². The Morgan fingerprint density at radius 2 is 1.45 bits per heavy atom. The summed E-state index contributed by atoms with van der Waals surface area (Å²) in [6.07, 6.45) is 9.98. The molecule has 0 spiro atoms. The molecule has 1 saturated carbocycles. The van der Waals surface area contributed by atoms with Crippen molar-refractivity contribution in [2.45, 2.75) is 105 Å². The number of rotatable bonds is 10. The number of halogens is 1. The lowest BCUT2D eigenvalue weighted by Gasteiger charge is -2.31. The molecule has 33 heavy (non-hydrogen) atoms. The van der Waals surface area contributed by atoms with Gasteiger partial charge in [0.2, 0.25) is 0 Å². The van der Waals surface area contributed by atoms with Crippen LogP contribution >= 0.6 is 0 Å². The molecule has 1 fully saturated rings. The smallest absolute Gasteiger partial charge is 0.131 e. The molecule has 1 aliphatic carbocycles. The molecule has 2 aromatic carbocycles. The molecule has 0 N–H and O–H groups in total. The van der Waals surface area contributed by atoms with Gasteiger partial charge in [0, 0.05) is 11.0 Å². The van der Waals surface area contributed by atoms with Crippen LogP contribution in [0.4, 0.5) is 4.39 Å². The van der Waals surface area contributed by atoms with Crippen LogP contribution in [0.25, 0.3) is 11.1 Å². The van der Waals surface area contributed by atoms with Gasteiger partial charge in [0.25, 0.3) is 0 Å². The number of hydrogen-bond acceptors (Lipinski definition) is 1. The first-order valence-corrected chi connectivity index (χ1v) is 13.5. The van der Waals surface area contributed by atoms with E-state index in [0.29, 0.717) is 5.92 Å². The van der Waals surface area contributed by atoms with E-state index < -0.39 is 0 Å². The Morgan fingerprint density at radius 3 is 2.00 bits per heavy atom. The van der Waals surface area contributed by atoms with Crippen molar-refractivity contribution in [1.29, 1.82) is 0 Å². The molecule has 2 aromatic rings. The summed E-state index contributed by atoms with van der Waals surface area (Å²) in [6, 6.07) is 10.4. The highest BCUT2D eigenvalue weighted by molar-refractivity contribution is 5.71. The van der Waals surface area contributed by atoms with Gasteiger partial charge in [-0.25, -0.2) is 4.39 Å². The van der Waals surface area contributed by atoms with Crippen molar-refractivity contribution in [3.05, 3.63) is 52.8 Å². The van der Waals surface area contributed by atoms with Crippen LogP contribution in [-0.4, -0.2) is 6.61 Å². The Hall–Kier alpha value is -1.83. The monoisotopic (exact) mass is 452 g/mol. The first-order valence-electron chi connectivity index (χ1n) is 13.5. The molecule has 0 saturated heterocycles. The number of aryl methyl sites for hydroxylation is 2. The van der Waals surface area contributed by atoms with Crippen molar-refractivity contribution in [1.82, 2.24) is 0 Å². The third kappa shape index (κ3) is 5.81. The van der Waals surface area contributed by atoms with Crippen molar-refractivity contribution in [3.63, 3.8) is 0 Å². The summed E-state index contributed by atoms with van der Waals surface area (Å²) in [5, 5.41) is 0. The normalized spacial score (nSPS) is 19.0. The van der Waals surface area contributed by atoms with E-state index in [0.717, 1.165) is 67.1 Å². The molecular weight excluding hydrogens is 407 g/mol. The van der Waals surface area contributed by atoms with E-state index in [-0.39, 0.29) is 11.2 Å². The maximum atomic E-state index is 15.4. The molecule has 0 unspecified atom stereocenters. The van der Waals surface area contributed by atoms with E-state index in [2.05, 4.69) is 59.7 Å². The van der Waals surface area contributed by atoms with E-state index in [1.807, 2.05) is 12.1 Å². The summed E-state index contributed by atoms with van der Waals surface area (Å²) >= 11 is 0. The minimum Gasteiger partial charge on any atom is -0.493 e. The van der Waals surface area contributed by atoms with Gasteiger partial charge in [-0.15, -0.1) is 0 Å². The van der Waals surface area contributed by atoms with Crippen molar-refractivity contribution < 1.29 is 9.13 Å². The van der Waals surface area contributed by atoms with Gasteiger partial charge >= 0.3 is 0 Å². The number of ether oxygens (including phenoxy) is 1. The van der Waals surface area contributed by atoms with E-state index in [4.69, 9.17) is 4.74 Å². The predicted molar refractivity (Wildman–Crippen MR) is 140 cm³/mol. The van der Waals surface area contributed by atoms with Crippen molar-refractivity contribution >= 4 is 0 Å². The average Bonchev–Trinajstić information content (AvgIpc) is 2.85. The highest BCUT2D eigenvalue weighted by Crippen LogP contribution is 2.39. The van der Waals surface area contributed by atoms with E-state index >= 15 is 4.39 Å². The van der Waals surface area contributed by atoms with Gasteiger partial charge in [-0.1, -0.05) is 66.5 Å². The van der Waals surface area contributed by atoms with E-state index in [1.54, 1.807) is 0 Å². The van der Waals surface area contributed by atoms with Crippen LogP contribution in [0.3, 0.4) is 0 Å². The van der Waals surface area contributed by atoms with Crippen molar-refractivity contribution in [3.8, 4) is 16.9 Å². The molecule has 3 rings (SSSR count). The summed E-state index contributed by atoms with van der Waals surface area (Å²) in [6.45, 7) is 14.2. The van der Waals surface area contributed by atoms with Crippen LogP contribution in [0.2, 0.25) is 0 Å². The van der Waals surface area contributed by atoms with E-state index in [9.17, 15) is 0 Å². The quantitative estimate of drug-likeness (QED) is 0.349. The van der Waals surface area contributed by atoms with Crippen LogP contribution in [0, 0.1) is 17.2 Å². The van der Waals surface area contributed by atoms with Gasteiger partial charge in [0.1, 0.15) is 11.6 Å². The number of hydrogen-bond donors (Lipinski definition) is 0. The lowest BCUT2D eigenvalue weighted by Crippen LogP contribution is -2.26. The minimum atomic E-state index is -0.0847. The van der Waals surface area contributed by atoms with Crippen LogP contribution in [0.5, 0.6) is 5.75 Å². The SMILES string of the molecule is CCc1cc(-c2ccc(C3CCC(C)CC3)cc2F)c(CC)cc1OCC(CC)(CC)CC. The lowest BCUT2D eigenvalue weighted by atomic mass is 9.79. The molecule has 1 nitrogen and oxygen atoms in total. The van der Waals surface area contributed by atoms with Gasteiger partial charge in [-0.2, -0.15) is 0 Å². The topological polar surface area (TPSA) is 9.23 Å². The fourth-order valence-electron chi connectivity index (χ4n) is 5.50. The molecular formula is C31H45FO. The molecule has 1 aliphatic rings. The Labute approximate surface area is 202 Å². The molecule has 0 aliphatic heterocycles. The van der Waals surface area contributed by atoms with Crippen LogP contribution in [0.15, 0.2) is 30.3 Å². The Balaban J connectivity index is 1.90. The fraction of sp³-hybridized carbons (Fsp3) is 0.613.